The largest absolute Gasteiger partial charge is 0.490 e. The normalized spacial score (nSPS) is 14.3. The Hall–Kier alpha value is -2.17. The number of hydrogen-bond donors (Lipinski definition) is 1. The van der Waals surface area contributed by atoms with E-state index in [0.717, 1.165) is 23.5 Å². The highest BCUT2D eigenvalue weighted by Crippen LogP contribution is 2.36. The first kappa shape index (κ1) is 11.0. The number of aryl methyl sites for hydroxylation is 1. The van der Waals surface area contributed by atoms with Crippen LogP contribution >= 0.6 is 0 Å². The van der Waals surface area contributed by atoms with Crippen LogP contribution in [0.1, 0.15) is 12.1 Å². The molecule has 0 atom stereocenters. The van der Waals surface area contributed by atoms with Gasteiger partial charge in [-0.3, -0.25) is 0 Å². The Balaban J connectivity index is 2.04. The van der Waals surface area contributed by atoms with Crippen molar-refractivity contribution in [3.63, 3.8) is 0 Å². The molecule has 2 N–H and O–H groups in total. The van der Waals surface area contributed by atoms with Gasteiger partial charge < -0.3 is 19.7 Å². The minimum absolute atomic E-state index is 0.560. The molecule has 18 heavy (non-hydrogen) atoms. The molecule has 0 saturated carbocycles. The highest BCUT2D eigenvalue weighted by Gasteiger charge is 2.16. The predicted molar refractivity (Wildman–Crippen MR) is 66.7 cm³/mol. The van der Waals surface area contributed by atoms with Crippen molar-refractivity contribution >= 4 is 5.69 Å². The van der Waals surface area contributed by atoms with Crippen molar-refractivity contribution < 1.29 is 14.0 Å². The van der Waals surface area contributed by atoms with Crippen LogP contribution in [0.25, 0.3) is 11.3 Å². The van der Waals surface area contributed by atoms with Gasteiger partial charge in [-0.2, -0.15) is 0 Å². The summed E-state index contributed by atoms with van der Waals surface area (Å²) < 4.78 is 16.4. The van der Waals surface area contributed by atoms with E-state index in [9.17, 15) is 0 Å². The zero-order valence-corrected chi connectivity index (χ0v) is 10.1. The van der Waals surface area contributed by atoms with E-state index < -0.39 is 0 Å². The number of fused-ring (bicyclic) bond motifs is 1. The number of ether oxygens (including phenoxy) is 2. The first-order valence-corrected chi connectivity index (χ1v) is 5.87. The van der Waals surface area contributed by atoms with Crippen LogP contribution in [0.2, 0.25) is 0 Å². The van der Waals surface area contributed by atoms with Crippen molar-refractivity contribution in [2.75, 3.05) is 18.9 Å². The van der Waals surface area contributed by atoms with Gasteiger partial charge in [0.1, 0.15) is 11.4 Å². The molecule has 1 aromatic carbocycles. The van der Waals surface area contributed by atoms with Gasteiger partial charge in [-0.15, -0.1) is 0 Å². The molecule has 1 aliphatic heterocycles. The smallest absolute Gasteiger partial charge is 0.190 e. The molecule has 0 fully saturated rings. The molecule has 0 radical (unpaired) electrons. The number of hydrogen-bond acceptors (Lipinski definition) is 5. The maximum absolute atomic E-state index is 5.91. The van der Waals surface area contributed by atoms with Gasteiger partial charge in [0, 0.05) is 12.0 Å². The summed E-state index contributed by atoms with van der Waals surface area (Å²) in [5.41, 5.74) is 8.01. The van der Waals surface area contributed by atoms with Gasteiger partial charge in [0.2, 0.25) is 0 Å². The minimum atomic E-state index is 0.560. The summed E-state index contributed by atoms with van der Waals surface area (Å²) in [5.74, 6) is 2.05. The summed E-state index contributed by atoms with van der Waals surface area (Å²) in [5, 5.41) is 3.85. The molecule has 94 valence electrons. The number of aromatic nitrogens is 1. The van der Waals surface area contributed by atoms with E-state index in [1.165, 1.54) is 0 Å². The quantitative estimate of drug-likeness (QED) is 0.836. The van der Waals surface area contributed by atoms with E-state index in [1.54, 1.807) is 0 Å². The van der Waals surface area contributed by atoms with Crippen molar-refractivity contribution in [3.05, 3.63) is 23.9 Å². The van der Waals surface area contributed by atoms with Gasteiger partial charge in [0.15, 0.2) is 17.3 Å². The fourth-order valence-electron chi connectivity index (χ4n) is 1.89. The summed E-state index contributed by atoms with van der Waals surface area (Å²) in [6.07, 6.45) is 0.883. The predicted octanol–water partition coefficient (Wildman–Crippen LogP) is 2.39. The number of nitrogen functional groups attached to an aromatic ring is 1. The summed E-state index contributed by atoms with van der Waals surface area (Å²) in [4.78, 5) is 0. The highest BCUT2D eigenvalue weighted by molar-refractivity contribution is 5.74. The van der Waals surface area contributed by atoms with Crippen LogP contribution in [0.3, 0.4) is 0 Å². The number of nitrogens with two attached hydrogens (primary N) is 1. The van der Waals surface area contributed by atoms with Crippen LogP contribution in [0.4, 0.5) is 5.69 Å². The maximum Gasteiger partial charge on any atom is 0.190 e. The number of rotatable bonds is 1. The second-order valence-corrected chi connectivity index (χ2v) is 4.22. The van der Waals surface area contributed by atoms with Gasteiger partial charge in [-0.05, 0) is 25.1 Å². The molecule has 0 aliphatic carbocycles. The molecule has 5 nitrogen and oxygen atoms in total. The Morgan fingerprint density at radius 2 is 1.94 bits per heavy atom. The Morgan fingerprint density at radius 1 is 1.17 bits per heavy atom. The molecular weight excluding hydrogens is 232 g/mol. The highest BCUT2D eigenvalue weighted by atomic mass is 16.5. The fourth-order valence-corrected chi connectivity index (χ4v) is 1.89. The standard InChI is InChI=1S/C13H14N2O3/c1-8-12(14)13(18-15-8)9-3-4-10-11(7-9)17-6-2-5-16-10/h3-4,7H,2,5-6,14H2,1H3. The zero-order chi connectivity index (χ0) is 12.5. The topological polar surface area (TPSA) is 70.5 Å². The lowest BCUT2D eigenvalue weighted by Crippen LogP contribution is -1.97. The summed E-state index contributed by atoms with van der Waals surface area (Å²) in [6, 6.07) is 5.63. The number of nitrogens with zero attached hydrogens (tertiary/aromatic N) is 1. The molecule has 5 heteroatoms. The average molecular weight is 246 g/mol. The molecule has 1 aliphatic rings. The van der Waals surface area contributed by atoms with Gasteiger partial charge in [-0.25, -0.2) is 0 Å². The molecule has 2 aromatic rings. The van der Waals surface area contributed by atoms with Crippen LogP contribution in [0.5, 0.6) is 11.5 Å². The van der Waals surface area contributed by atoms with Crippen LogP contribution < -0.4 is 15.2 Å². The SMILES string of the molecule is Cc1noc(-c2ccc3c(c2)OCCCO3)c1N. The van der Waals surface area contributed by atoms with Crippen molar-refractivity contribution in [3.8, 4) is 22.8 Å². The molecule has 1 aromatic heterocycles. The summed E-state index contributed by atoms with van der Waals surface area (Å²) in [6.45, 7) is 3.14. The Morgan fingerprint density at radius 3 is 2.67 bits per heavy atom. The first-order valence-electron chi connectivity index (χ1n) is 5.87. The van der Waals surface area contributed by atoms with E-state index in [0.29, 0.717) is 30.4 Å². The molecular formula is C13H14N2O3. The Bertz CT molecular complexity index is 578. The third kappa shape index (κ3) is 1.77. The van der Waals surface area contributed by atoms with E-state index in [1.807, 2.05) is 25.1 Å². The van der Waals surface area contributed by atoms with Crippen molar-refractivity contribution in [1.29, 1.82) is 0 Å². The van der Waals surface area contributed by atoms with Crippen molar-refractivity contribution in [2.45, 2.75) is 13.3 Å². The summed E-state index contributed by atoms with van der Waals surface area (Å²) in [7, 11) is 0. The van der Waals surface area contributed by atoms with Gasteiger partial charge in [0.25, 0.3) is 0 Å². The van der Waals surface area contributed by atoms with Crippen LogP contribution in [0, 0.1) is 6.92 Å². The fraction of sp³-hybridized carbons (Fsp3) is 0.308. The number of anilines is 1. The second kappa shape index (κ2) is 4.25. The average Bonchev–Trinajstić information content (AvgIpc) is 2.61. The minimum Gasteiger partial charge on any atom is -0.490 e. The summed E-state index contributed by atoms with van der Waals surface area (Å²) >= 11 is 0. The van der Waals surface area contributed by atoms with Gasteiger partial charge in [-0.1, -0.05) is 5.16 Å². The van der Waals surface area contributed by atoms with E-state index >= 15 is 0 Å². The molecule has 2 heterocycles. The molecule has 0 amide bonds. The van der Waals surface area contributed by atoms with Crippen LogP contribution in [-0.2, 0) is 0 Å². The zero-order valence-electron chi connectivity index (χ0n) is 10.1. The van der Waals surface area contributed by atoms with Crippen molar-refractivity contribution in [2.24, 2.45) is 0 Å². The third-order valence-corrected chi connectivity index (χ3v) is 2.92. The third-order valence-electron chi connectivity index (χ3n) is 2.92. The van der Waals surface area contributed by atoms with Gasteiger partial charge in [0.05, 0.1) is 13.2 Å². The van der Waals surface area contributed by atoms with Crippen LogP contribution in [0.15, 0.2) is 22.7 Å². The van der Waals surface area contributed by atoms with E-state index in [-0.39, 0.29) is 0 Å². The first-order chi connectivity index (χ1) is 8.75. The van der Waals surface area contributed by atoms with E-state index in [2.05, 4.69) is 5.16 Å². The van der Waals surface area contributed by atoms with Gasteiger partial charge >= 0.3 is 0 Å². The van der Waals surface area contributed by atoms with E-state index in [4.69, 9.17) is 19.7 Å². The maximum atomic E-state index is 5.91. The number of benzene rings is 1. The second-order valence-electron chi connectivity index (χ2n) is 4.22. The Kier molecular flexibility index (Phi) is 2.59. The molecule has 3 rings (SSSR count). The van der Waals surface area contributed by atoms with Crippen LogP contribution in [-0.4, -0.2) is 18.4 Å². The molecule has 0 spiro atoms. The lowest BCUT2D eigenvalue weighted by molar-refractivity contribution is 0.297. The molecule has 0 unspecified atom stereocenters. The van der Waals surface area contributed by atoms with Crippen molar-refractivity contribution in [1.82, 2.24) is 5.16 Å². The lowest BCUT2D eigenvalue weighted by Gasteiger charge is -2.08. The Labute approximate surface area is 104 Å². The monoisotopic (exact) mass is 246 g/mol. The molecule has 0 bridgehead atoms. The molecule has 0 saturated heterocycles. The lowest BCUT2D eigenvalue weighted by atomic mass is 10.1.